The molecule has 0 aliphatic rings. The minimum atomic E-state index is -0.249. The Hall–Kier alpha value is -2.58. The summed E-state index contributed by atoms with van der Waals surface area (Å²) in [4.78, 5) is 18.0. The lowest BCUT2D eigenvalue weighted by Crippen LogP contribution is -2.23. The smallest absolute Gasteiger partial charge is 0.272 e. The van der Waals surface area contributed by atoms with Gasteiger partial charge in [0.25, 0.3) is 5.91 Å². The summed E-state index contributed by atoms with van der Waals surface area (Å²) >= 11 is 1.55. The van der Waals surface area contributed by atoms with Gasteiger partial charge in [-0.1, -0.05) is 47.1 Å². The number of fused-ring (bicyclic) bond motifs is 1. The number of terminal acetylenes is 1. The van der Waals surface area contributed by atoms with Gasteiger partial charge in [0.05, 0.1) is 11.4 Å². The van der Waals surface area contributed by atoms with Crippen LogP contribution >= 0.6 is 11.3 Å². The van der Waals surface area contributed by atoms with E-state index < -0.39 is 0 Å². The number of aryl methyl sites for hydroxylation is 1. The van der Waals surface area contributed by atoms with Gasteiger partial charge >= 0.3 is 0 Å². The van der Waals surface area contributed by atoms with Crippen molar-refractivity contribution in [2.75, 3.05) is 6.54 Å². The first-order valence-corrected chi connectivity index (χ1v) is 7.26. The lowest BCUT2D eigenvalue weighted by Gasteiger charge is -1.97. The molecule has 3 rings (SSSR count). The molecular formula is C16H13N3OS. The second-order valence-electron chi connectivity index (χ2n) is 4.66. The highest BCUT2D eigenvalue weighted by atomic mass is 32.1. The SMILES string of the molecule is C#CCNC(=O)c1cn2cc(-c3ccc(C)cc3)sc2n1. The molecule has 3 aromatic rings. The fraction of sp³-hybridized carbons (Fsp3) is 0.125. The molecule has 0 spiro atoms. The van der Waals surface area contributed by atoms with Crippen LogP contribution < -0.4 is 5.32 Å². The summed E-state index contributed by atoms with van der Waals surface area (Å²) < 4.78 is 1.87. The van der Waals surface area contributed by atoms with Gasteiger partial charge in [0, 0.05) is 12.4 Å². The van der Waals surface area contributed by atoms with Crippen LogP contribution in [0.2, 0.25) is 0 Å². The fourth-order valence-corrected chi connectivity index (χ4v) is 2.95. The van der Waals surface area contributed by atoms with Gasteiger partial charge in [-0.25, -0.2) is 4.98 Å². The standard InChI is InChI=1S/C16H13N3OS/c1-3-8-17-15(20)13-9-19-10-14(21-16(19)18-13)12-6-4-11(2)5-7-12/h1,4-7,9-10H,8H2,2H3,(H,17,20). The molecule has 21 heavy (non-hydrogen) atoms. The maximum absolute atomic E-state index is 11.8. The first-order valence-electron chi connectivity index (χ1n) is 6.44. The highest BCUT2D eigenvalue weighted by molar-refractivity contribution is 7.20. The molecule has 2 heterocycles. The van der Waals surface area contributed by atoms with E-state index in [2.05, 4.69) is 47.4 Å². The summed E-state index contributed by atoms with van der Waals surface area (Å²) in [5, 5.41) is 2.61. The summed E-state index contributed by atoms with van der Waals surface area (Å²) in [7, 11) is 0. The molecule has 0 atom stereocenters. The number of carbonyl (C=O) groups is 1. The van der Waals surface area contributed by atoms with Crippen LogP contribution in [0.1, 0.15) is 16.1 Å². The van der Waals surface area contributed by atoms with E-state index in [1.54, 1.807) is 17.5 Å². The Labute approximate surface area is 126 Å². The van der Waals surface area contributed by atoms with E-state index in [-0.39, 0.29) is 12.5 Å². The fourth-order valence-electron chi connectivity index (χ4n) is 1.98. The van der Waals surface area contributed by atoms with Crippen LogP contribution in [0, 0.1) is 19.3 Å². The van der Waals surface area contributed by atoms with Crippen molar-refractivity contribution in [3.05, 3.63) is 47.9 Å². The van der Waals surface area contributed by atoms with Crippen molar-refractivity contribution in [2.45, 2.75) is 6.92 Å². The molecule has 4 nitrogen and oxygen atoms in total. The third kappa shape index (κ3) is 2.67. The number of nitrogens with one attached hydrogen (secondary N) is 1. The van der Waals surface area contributed by atoms with E-state index in [0.717, 1.165) is 15.4 Å². The van der Waals surface area contributed by atoms with Crippen LogP contribution in [-0.2, 0) is 0 Å². The van der Waals surface area contributed by atoms with Crippen molar-refractivity contribution >= 4 is 22.2 Å². The van der Waals surface area contributed by atoms with Gasteiger partial charge in [-0.15, -0.1) is 6.42 Å². The minimum absolute atomic E-state index is 0.207. The molecule has 0 unspecified atom stereocenters. The van der Waals surface area contributed by atoms with E-state index in [9.17, 15) is 4.79 Å². The Morgan fingerprint density at radius 2 is 2.14 bits per heavy atom. The van der Waals surface area contributed by atoms with Crippen molar-refractivity contribution in [1.29, 1.82) is 0 Å². The molecule has 1 amide bonds. The molecule has 104 valence electrons. The van der Waals surface area contributed by atoms with Gasteiger partial charge in [-0.2, -0.15) is 0 Å². The molecule has 0 saturated heterocycles. The van der Waals surface area contributed by atoms with E-state index in [0.29, 0.717) is 5.69 Å². The molecule has 5 heteroatoms. The summed E-state index contributed by atoms with van der Waals surface area (Å²) in [6.45, 7) is 2.27. The number of hydrogen-bond donors (Lipinski definition) is 1. The van der Waals surface area contributed by atoms with Gasteiger partial charge in [0.2, 0.25) is 0 Å². The van der Waals surface area contributed by atoms with Crippen molar-refractivity contribution in [2.24, 2.45) is 0 Å². The molecule has 1 N–H and O–H groups in total. The highest BCUT2D eigenvalue weighted by Gasteiger charge is 2.12. The average molecular weight is 295 g/mol. The van der Waals surface area contributed by atoms with E-state index >= 15 is 0 Å². The molecule has 0 aliphatic heterocycles. The molecule has 1 aromatic carbocycles. The van der Waals surface area contributed by atoms with Crippen LogP contribution in [0.25, 0.3) is 15.4 Å². The largest absolute Gasteiger partial charge is 0.340 e. The third-order valence-electron chi connectivity index (χ3n) is 3.08. The first kappa shape index (κ1) is 13.4. The number of rotatable bonds is 3. The quantitative estimate of drug-likeness (QED) is 0.755. The number of amides is 1. The summed E-state index contributed by atoms with van der Waals surface area (Å²) in [5.41, 5.74) is 2.76. The van der Waals surface area contributed by atoms with Crippen LogP contribution in [0.4, 0.5) is 0 Å². The molecule has 0 bridgehead atoms. The Kier molecular flexibility index (Phi) is 3.46. The molecule has 0 aliphatic carbocycles. The van der Waals surface area contributed by atoms with Crippen molar-refractivity contribution in [3.63, 3.8) is 0 Å². The maximum atomic E-state index is 11.8. The molecular weight excluding hydrogens is 282 g/mol. The maximum Gasteiger partial charge on any atom is 0.272 e. The number of carbonyl (C=O) groups excluding carboxylic acids is 1. The van der Waals surface area contributed by atoms with Gasteiger partial charge in [0.15, 0.2) is 4.96 Å². The van der Waals surface area contributed by atoms with Gasteiger partial charge < -0.3 is 5.32 Å². The van der Waals surface area contributed by atoms with Crippen molar-refractivity contribution < 1.29 is 4.79 Å². The monoisotopic (exact) mass is 295 g/mol. The van der Waals surface area contributed by atoms with Crippen LogP contribution in [-0.4, -0.2) is 21.8 Å². The number of benzene rings is 1. The van der Waals surface area contributed by atoms with E-state index in [1.807, 2.05) is 10.6 Å². The average Bonchev–Trinajstić information content (AvgIpc) is 3.04. The Balaban J connectivity index is 1.89. The molecule has 0 saturated carbocycles. The predicted molar refractivity (Wildman–Crippen MR) is 84.4 cm³/mol. The Morgan fingerprint density at radius 3 is 2.81 bits per heavy atom. The van der Waals surface area contributed by atoms with Crippen LogP contribution in [0.5, 0.6) is 0 Å². The topological polar surface area (TPSA) is 46.4 Å². The van der Waals surface area contributed by atoms with Gasteiger partial charge in [-0.3, -0.25) is 9.20 Å². The van der Waals surface area contributed by atoms with Gasteiger partial charge in [0.1, 0.15) is 5.69 Å². The number of thiazole rings is 1. The lowest BCUT2D eigenvalue weighted by atomic mass is 10.1. The second-order valence-corrected chi connectivity index (χ2v) is 5.67. The third-order valence-corrected chi connectivity index (χ3v) is 4.12. The van der Waals surface area contributed by atoms with Crippen LogP contribution in [0.15, 0.2) is 36.7 Å². The predicted octanol–water partition coefficient (Wildman–Crippen LogP) is 2.73. The molecule has 2 aromatic heterocycles. The van der Waals surface area contributed by atoms with E-state index in [1.165, 1.54) is 5.56 Å². The first-order chi connectivity index (χ1) is 10.2. The zero-order chi connectivity index (χ0) is 14.8. The van der Waals surface area contributed by atoms with Crippen LogP contribution in [0.3, 0.4) is 0 Å². The lowest BCUT2D eigenvalue weighted by molar-refractivity contribution is 0.0954. The number of nitrogens with zero attached hydrogens (tertiary/aromatic N) is 2. The van der Waals surface area contributed by atoms with Gasteiger partial charge in [-0.05, 0) is 12.5 Å². The number of imidazole rings is 1. The zero-order valence-corrected chi connectivity index (χ0v) is 12.3. The summed E-state index contributed by atoms with van der Waals surface area (Å²) in [6, 6.07) is 8.33. The van der Waals surface area contributed by atoms with Crippen molar-refractivity contribution in [1.82, 2.24) is 14.7 Å². The molecule has 0 fully saturated rings. The van der Waals surface area contributed by atoms with Crippen molar-refractivity contribution in [3.8, 4) is 22.8 Å². The number of aromatic nitrogens is 2. The minimum Gasteiger partial charge on any atom is -0.340 e. The zero-order valence-electron chi connectivity index (χ0n) is 11.5. The second kappa shape index (κ2) is 5.43. The highest BCUT2D eigenvalue weighted by Crippen LogP contribution is 2.28. The summed E-state index contributed by atoms with van der Waals surface area (Å²) in [5.74, 6) is 2.12. The Morgan fingerprint density at radius 1 is 1.38 bits per heavy atom. The number of hydrogen-bond acceptors (Lipinski definition) is 3. The normalized spacial score (nSPS) is 10.5. The van der Waals surface area contributed by atoms with E-state index in [4.69, 9.17) is 6.42 Å². The summed E-state index contributed by atoms with van der Waals surface area (Å²) in [6.07, 6.45) is 8.82. The molecule has 0 radical (unpaired) electrons. The Bertz CT molecular complexity index is 805.